The van der Waals surface area contributed by atoms with E-state index in [0.29, 0.717) is 24.9 Å². The molecule has 0 aromatic carbocycles. The van der Waals surface area contributed by atoms with Crippen LogP contribution in [0.15, 0.2) is 12.4 Å². The van der Waals surface area contributed by atoms with Crippen LogP contribution >= 0.6 is 0 Å². The normalized spacial score (nSPS) is 29.7. The highest BCUT2D eigenvalue weighted by Gasteiger charge is 2.45. The second kappa shape index (κ2) is 6.12. The first kappa shape index (κ1) is 16.0. The molecular formula is C15H22N4O4S. The second-order valence-electron chi connectivity index (χ2n) is 6.71. The van der Waals surface area contributed by atoms with E-state index >= 15 is 0 Å². The van der Waals surface area contributed by atoms with Crippen LogP contribution in [0.1, 0.15) is 12.8 Å². The number of nitrogens with zero attached hydrogens (tertiary/aromatic N) is 3. The summed E-state index contributed by atoms with van der Waals surface area (Å²) in [5, 5.41) is -0.177. The number of ether oxygens (including phenoxy) is 2. The molecule has 132 valence electrons. The average molecular weight is 354 g/mol. The van der Waals surface area contributed by atoms with Crippen molar-refractivity contribution in [1.82, 2.24) is 14.7 Å². The van der Waals surface area contributed by atoms with Gasteiger partial charge < -0.3 is 14.4 Å². The van der Waals surface area contributed by atoms with E-state index in [0.717, 1.165) is 31.7 Å². The lowest BCUT2D eigenvalue weighted by molar-refractivity contribution is 0.111. The number of sulfonamides is 1. The highest BCUT2D eigenvalue weighted by Crippen LogP contribution is 2.36. The lowest BCUT2D eigenvalue weighted by atomic mass is 9.93. The van der Waals surface area contributed by atoms with Gasteiger partial charge in [-0.15, -0.1) is 0 Å². The molecule has 1 aromatic rings. The van der Waals surface area contributed by atoms with Crippen molar-refractivity contribution in [1.29, 1.82) is 0 Å². The SMILES string of the molecule is COc1cc(N2C[C@H]3[C@@H](CNS(=O)(=O)C4CC4)CO[C@H]3C2)ncn1. The van der Waals surface area contributed by atoms with Crippen LogP contribution in [-0.2, 0) is 14.8 Å². The van der Waals surface area contributed by atoms with Crippen LogP contribution in [0.5, 0.6) is 5.88 Å². The van der Waals surface area contributed by atoms with Crippen LogP contribution in [0, 0.1) is 11.8 Å². The van der Waals surface area contributed by atoms with Crippen LogP contribution in [0.25, 0.3) is 0 Å². The summed E-state index contributed by atoms with van der Waals surface area (Å²) in [6, 6.07) is 1.81. The van der Waals surface area contributed by atoms with Crippen LogP contribution in [0.3, 0.4) is 0 Å². The van der Waals surface area contributed by atoms with Crippen molar-refractivity contribution in [3.8, 4) is 5.88 Å². The van der Waals surface area contributed by atoms with Gasteiger partial charge in [0.15, 0.2) is 0 Å². The van der Waals surface area contributed by atoms with E-state index in [2.05, 4.69) is 19.6 Å². The summed E-state index contributed by atoms with van der Waals surface area (Å²) in [7, 11) is -1.55. The van der Waals surface area contributed by atoms with Crippen molar-refractivity contribution in [2.75, 3.05) is 38.3 Å². The van der Waals surface area contributed by atoms with Crippen molar-refractivity contribution in [3.63, 3.8) is 0 Å². The Labute approximate surface area is 141 Å². The molecule has 3 heterocycles. The minimum atomic E-state index is -3.13. The first-order valence-corrected chi connectivity index (χ1v) is 9.82. The van der Waals surface area contributed by atoms with Crippen LogP contribution in [-0.4, -0.2) is 63.1 Å². The average Bonchev–Trinajstić information content (AvgIpc) is 3.26. The lowest BCUT2D eigenvalue weighted by Crippen LogP contribution is -2.36. The Kier molecular flexibility index (Phi) is 4.09. The second-order valence-corrected chi connectivity index (χ2v) is 8.76. The molecule has 4 rings (SSSR count). The van der Waals surface area contributed by atoms with Crippen LogP contribution in [0.4, 0.5) is 5.82 Å². The third-order valence-electron chi connectivity index (χ3n) is 5.11. The summed E-state index contributed by atoms with van der Waals surface area (Å²) in [6.45, 7) is 2.64. The van der Waals surface area contributed by atoms with E-state index in [-0.39, 0.29) is 17.3 Å². The minimum Gasteiger partial charge on any atom is -0.481 e. The quantitative estimate of drug-likeness (QED) is 0.769. The number of aromatic nitrogens is 2. The molecule has 1 saturated carbocycles. The van der Waals surface area contributed by atoms with Crippen molar-refractivity contribution in [2.45, 2.75) is 24.2 Å². The van der Waals surface area contributed by atoms with Gasteiger partial charge in [-0.1, -0.05) is 0 Å². The monoisotopic (exact) mass is 354 g/mol. The van der Waals surface area contributed by atoms with Gasteiger partial charge in [0.2, 0.25) is 15.9 Å². The van der Waals surface area contributed by atoms with Crippen LogP contribution < -0.4 is 14.4 Å². The molecule has 2 saturated heterocycles. The molecule has 0 amide bonds. The van der Waals surface area contributed by atoms with Crippen molar-refractivity contribution < 1.29 is 17.9 Å². The fourth-order valence-corrected chi connectivity index (χ4v) is 4.97. The molecule has 0 spiro atoms. The summed E-state index contributed by atoms with van der Waals surface area (Å²) in [6.07, 6.45) is 3.18. The fourth-order valence-electron chi connectivity index (χ4n) is 3.53. The molecule has 1 aromatic heterocycles. The Morgan fingerprint density at radius 3 is 2.96 bits per heavy atom. The maximum atomic E-state index is 12.0. The van der Waals surface area contributed by atoms with Crippen molar-refractivity contribution >= 4 is 15.8 Å². The van der Waals surface area contributed by atoms with Gasteiger partial charge in [-0.05, 0) is 12.8 Å². The molecule has 1 aliphatic carbocycles. The van der Waals surface area contributed by atoms with E-state index in [4.69, 9.17) is 9.47 Å². The smallest absolute Gasteiger partial charge is 0.218 e. The van der Waals surface area contributed by atoms with Crippen molar-refractivity contribution in [3.05, 3.63) is 12.4 Å². The number of methoxy groups -OCH3 is 1. The highest BCUT2D eigenvalue weighted by molar-refractivity contribution is 7.90. The van der Waals surface area contributed by atoms with E-state index in [9.17, 15) is 8.42 Å². The molecule has 0 unspecified atom stereocenters. The summed E-state index contributed by atoms with van der Waals surface area (Å²) < 4.78 is 37.8. The van der Waals surface area contributed by atoms with Gasteiger partial charge in [0, 0.05) is 37.5 Å². The molecule has 3 fully saturated rings. The molecule has 8 nitrogen and oxygen atoms in total. The largest absolute Gasteiger partial charge is 0.481 e. The van der Waals surface area contributed by atoms with Gasteiger partial charge >= 0.3 is 0 Å². The molecule has 24 heavy (non-hydrogen) atoms. The third kappa shape index (κ3) is 3.07. The van der Waals surface area contributed by atoms with Gasteiger partial charge in [-0.3, -0.25) is 0 Å². The predicted molar refractivity (Wildman–Crippen MR) is 87.5 cm³/mol. The van der Waals surface area contributed by atoms with Gasteiger partial charge in [0.1, 0.15) is 12.1 Å². The molecule has 0 radical (unpaired) electrons. The maximum Gasteiger partial charge on any atom is 0.218 e. The standard InChI is InChI=1S/C15H22N4O4S/c1-22-15-4-14(16-9-17-15)19-6-12-10(8-23-13(12)7-19)5-18-24(20,21)11-2-3-11/h4,9-13,18H,2-3,5-8H2,1H3/t10-,12-,13-/m0/s1. The Morgan fingerprint density at radius 1 is 1.38 bits per heavy atom. The topological polar surface area (TPSA) is 93.7 Å². The summed E-state index contributed by atoms with van der Waals surface area (Å²) in [4.78, 5) is 10.5. The number of fused-ring (bicyclic) bond motifs is 1. The minimum absolute atomic E-state index is 0.126. The molecule has 1 N–H and O–H groups in total. The first-order valence-electron chi connectivity index (χ1n) is 8.28. The molecule has 3 aliphatic rings. The number of anilines is 1. The number of hydrogen-bond donors (Lipinski definition) is 1. The number of rotatable bonds is 6. The predicted octanol–water partition coefficient (Wildman–Crippen LogP) is 0.0182. The molecular weight excluding hydrogens is 332 g/mol. The molecule has 9 heteroatoms. The van der Waals surface area contributed by atoms with Gasteiger partial charge in [0.25, 0.3) is 0 Å². The highest BCUT2D eigenvalue weighted by atomic mass is 32.2. The Bertz CT molecular complexity index is 709. The molecule has 3 atom stereocenters. The fraction of sp³-hybridized carbons (Fsp3) is 0.733. The summed E-state index contributed by atoms with van der Waals surface area (Å²) in [5.41, 5.74) is 0. The van der Waals surface area contributed by atoms with Crippen molar-refractivity contribution in [2.24, 2.45) is 11.8 Å². The number of hydrogen-bond acceptors (Lipinski definition) is 7. The summed E-state index contributed by atoms with van der Waals surface area (Å²) in [5.74, 6) is 1.87. The van der Waals surface area contributed by atoms with Gasteiger partial charge in [0.05, 0.1) is 25.1 Å². The van der Waals surface area contributed by atoms with Gasteiger partial charge in [-0.25, -0.2) is 23.1 Å². The zero-order chi connectivity index (χ0) is 16.7. The summed E-state index contributed by atoms with van der Waals surface area (Å²) >= 11 is 0. The van der Waals surface area contributed by atoms with Crippen LogP contribution in [0.2, 0.25) is 0 Å². The Morgan fingerprint density at radius 2 is 2.21 bits per heavy atom. The lowest BCUT2D eigenvalue weighted by Gasteiger charge is -2.21. The number of nitrogens with one attached hydrogen (secondary N) is 1. The van der Waals surface area contributed by atoms with E-state index < -0.39 is 10.0 Å². The molecule has 2 aliphatic heterocycles. The van der Waals surface area contributed by atoms with E-state index in [1.807, 2.05) is 6.07 Å². The van der Waals surface area contributed by atoms with E-state index in [1.54, 1.807) is 7.11 Å². The molecule has 0 bridgehead atoms. The third-order valence-corrected chi connectivity index (χ3v) is 7.03. The first-order chi connectivity index (χ1) is 11.6. The maximum absolute atomic E-state index is 12.0. The van der Waals surface area contributed by atoms with E-state index in [1.165, 1.54) is 6.33 Å². The van der Waals surface area contributed by atoms with Gasteiger partial charge in [-0.2, -0.15) is 0 Å². The zero-order valence-electron chi connectivity index (χ0n) is 13.6. The Balaban J connectivity index is 1.39. The zero-order valence-corrected chi connectivity index (χ0v) is 14.4. The Hall–Kier alpha value is -1.45.